The molecule has 12 heteroatoms. The van der Waals surface area contributed by atoms with Gasteiger partial charge in [-0.25, -0.2) is 37.5 Å². The number of fused-ring (bicyclic) bond motifs is 1. The van der Waals surface area contributed by atoms with E-state index in [1.165, 1.54) is 50.1 Å². The molecule has 5 aromatic rings. The van der Waals surface area contributed by atoms with Crippen molar-refractivity contribution < 1.29 is 17.5 Å². The molecule has 0 unspecified atom stereocenters. The maximum atomic E-state index is 13.7. The van der Waals surface area contributed by atoms with Crippen LogP contribution in [-0.4, -0.2) is 35.5 Å². The van der Waals surface area contributed by atoms with Gasteiger partial charge in [0.2, 0.25) is 5.95 Å². The highest BCUT2D eigenvalue weighted by molar-refractivity contribution is 7.92. The molecule has 0 saturated heterocycles. The Hall–Kier alpha value is -3.86. The van der Waals surface area contributed by atoms with Crippen LogP contribution in [0.1, 0.15) is 0 Å². The van der Waals surface area contributed by atoms with Gasteiger partial charge >= 0.3 is 0 Å². The molecule has 0 bridgehead atoms. The minimum atomic E-state index is -3.96. The van der Waals surface area contributed by atoms with Gasteiger partial charge in [-0.3, -0.25) is 0 Å². The summed E-state index contributed by atoms with van der Waals surface area (Å²) in [6.45, 7) is 0. The molecule has 0 saturated carbocycles. The molecule has 0 aliphatic carbocycles. The van der Waals surface area contributed by atoms with Crippen molar-refractivity contribution in [2.24, 2.45) is 0 Å². The predicted octanol–water partition coefficient (Wildman–Crippen LogP) is 6.01. The minimum Gasteiger partial charge on any atom is -0.496 e. The van der Waals surface area contributed by atoms with Crippen LogP contribution in [0, 0.1) is 5.82 Å². The second-order valence-corrected chi connectivity index (χ2v) is 10.2. The number of hydrogen-bond acceptors (Lipinski definition) is 7. The van der Waals surface area contributed by atoms with Crippen LogP contribution in [0.3, 0.4) is 0 Å². The van der Waals surface area contributed by atoms with Crippen LogP contribution in [0.2, 0.25) is 10.0 Å². The summed E-state index contributed by atoms with van der Waals surface area (Å²) in [4.78, 5) is 16.4. The van der Waals surface area contributed by atoms with E-state index in [4.69, 9.17) is 27.9 Å². The van der Waals surface area contributed by atoms with Crippen LogP contribution >= 0.6 is 23.2 Å². The molecule has 186 valence electrons. The quantitative estimate of drug-likeness (QED) is 0.273. The largest absolute Gasteiger partial charge is 0.496 e. The summed E-state index contributed by atoms with van der Waals surface area (Å²) in [7, 11) is -2.46. The average molecular weight is 556 g/mol. The van der Waals surface area contributed by atoms with Crippen molar-refractivity contribution in [2.45, 2.75) is 4.90 Å². The Kier molecular flexibility index (Phi) is 6.63. The summed E-state index contributed by atoms with van der Waals surface area (Å²) in [6, 6.07) is 13.7. The number of halogens is 3. The lowest BCUT2D eigenvalue weighted by atomic mass is 9.99. The lowest BCUT2D eigenvalue weighted by Gasteiger charge is -2.14. The van der Waals surface area contributed by atoms with Gasteiger partial charge in [-0.2, -0.15) is 0 Å². The topological polar surface area (TPSA) is 107 Å². The standard InChI is InChI=1S/C25H16Cl2FN5O3S/c1-36-23-12-17(14-3-6-21(28)20(27)9-14)19(26)11-18(23)24-16-5-4-15(10-22(16)31-13-32-24)37(34,35)33-25-29-7-2-8-30-25/h2-13H,1H3,(H,29,30,33). The molecule has 37 heavy (non-hydrogen) atoms. The highest BCUT2D eigenvalue weighted by Crippen LogP contribution is 2.41. The zero-order valence-corrected chi connectivity index (χ0v) is 21.3. The van der Waals surface area contributed by atoms with Crippen LogP contribution in [0.25, 0.3) is 33.3 Å². The van der Waals surface area contributed by atoms with Crippen LogP contribution in [0.4, 0.5) is 10.3 Å². The van der Waals surface area contributed by atoms with Crippen molar-refractivity contribution in [3.63, 3.8) is 0 Å². The Morgan fingerprint density at radius 2 is 1.68 bits per heavy atom. The smallest absolute Gasteiger partial charge is 0.264 e. The average Bonchev–Trinajstić information content (AvgIpc) is 2.90. The van der Waals surface area contributed by atoms with Crippen LogP contribution in [0.15, 0.2) is 78.2 Å². The Balaban J connectivity index is 1.58. The Morgan fingerprint density at radius 1 is 0.892 bits per heavy atom. The molecular formula is C25H16Cl2FN5O3S. The van der Waals surface area contributed by atoms with Crippen LogP contribution in [0.5, 0.6) is 5.75 Å². The van der Waals surface area contributed by atoms with Crippen molar-refractivity contribution in [1.29, 1.82) is 0 Å². The summed E-state index contributed by atoms with van der Waals surface area (Å²) in [5, 5.41) is 0.901. The third kappa shape index (κ3) is 4.91. The van der Waals surface area contributed by atoms with E-state index >= 15 is 0 Å². The van der Waals surface area contributed by atoms with Gasteiger partial charge in [0, 0.05) is 33.9 Å². The van der Waals surface area contributed by atoms with Crippen molar-refractivity contribution in [1.82, 2.24) is 19.9 Å². The van der Waals surface area contributed by atoms with E-state index in [1.54, 1.807) is 30.3 Å². The zero-order chi connectivity index (χ0) is 26.2. The van der Waals surface area contributed by atoms with E-state index < -0.39 is 15.8 Å². The molecule has 0 spiro atoms. The number of ether oxygens (including phenoxy) is 1. The molecule has 2 aromatic heterocycles. The first-order valence-corrected chi connectivity index (χ1v) is 12.9. The highest BCUT2D eigenvalue weighted by atomic mass is 35.5. The number of methoxy groups -OCH3 is 1. The molecule has 0 aliphatic rings. The summed E-state index contributed by atoms with van der Waals surface area (Å²) in [5.74, 6) is -0.141. The SMILES string of the molecule is COc1cc(-c2ccc(F)c(Cl)c2)c(Cl)cc1-c1ncnc2cc(S(=O)(=O)Nc3ncccn3)ccc12. The number of anilines is 1. The Labute approximate surface area is 221 Å². The lowest BCUT2D eigenvalue weighted by molar-refractivity contribution is 0.416. The normalized spacial score (nSPS) is 11.5. The molecule has 8 nitrogen and oxygen atoms in total. The maximum absolute atomic E-state index is 13.7. The van der Waals surface area contributed by atoms with Gasteiger partial charge in [0.25, 0.3) is 10.0 Å². The lowest BCUT2D eigenvalue weighted by Crippen LogP contribution is -2.14. The fourth-order valence-electron chi connectivity index (χ4n) is 3.74. The molecular weight excluding hydrogens is 540 g/mol. The second-order valence-electron chi connectivity index (χ2n) is 7.74. The number of rotatable bonds is 6. The van der Waals surface area contributed by atoms with Crippen molar-refractivity contribution in [3.8, 4) is 28.1 Å². The predicted molar refractivity (Wildman–Crippen MR) is 140 cm³/mol. The summed E-state index contributed by atoms with van der Waals surface area (Å²) < 4.78 is 47.3. The molecule has 1 N–H and O–H groups in total. The van der Waals surface area contributed by atoms with E-state index in [1.807, 2.05) is 0 Å². The fraction of sp³-hybridized carbons (Fsp3) is 0.0400. The van der Waals surface area contributed by atoms with Crippen LogP contribution in [-0.2, 0) is 10.0 Å². The molecule has 0 aliphatic heterocycles. The third-order valence-electron chi connectivity index (χ3n) is 5.48. The number of aromatic nitrogens is 4. The van der Waals surface area contributed by atoms with Crippen molar-refractivity contribution >= 4 is 50.1 Å². The summed E-state index contributed by atoms with van der Waals surface area (Å²) >= 11 is 12.6. The molecule has 2 heterocycles. The Bertz CT molecular complexity index is 1760. The van der Waals surface area contributed by atoms with Gasteiger partial charge < -0.3 is 4.74 Å². The molecule has 0 radical (unpaired) electrons. The molecule has 0 fully saturated rings. The van der Waals surface area contributed by atoms with E-state index in [2.05, 4.69) is 24.7 Å². The first-order chi connectivity index (χ1) is 17.8. The van der Waals surface area contributed by atoms with Gasteiger partial charge in [0.05, 0.1) is 28.2 Å². The van der Waals surface area contributed by atoms with Crippen LogP contribution < -0.4 is 9.46 Å². The molecule has 3 aromatic carbocycles. The Morgan fingerprint density at radius 3 is 2.41 bits per heavy atom. The third-order valence-corrected chi connectivity index (χ3v) is 7.41. The van der Waals surface area contributed by atoms with E-state index in [-0.39, 0.29) is 15.9 Å². The number of hydrogen-bond donors (Lipinski definition) is 1. The highest BCUT2D eigenvalue weighted by Gasteiger charge is 2.20. The van der Waals surface area contributed by atoms with Gasteiger partial charge in [-0.1, -0.05) is 29.3 Å². The van der Waals surface area contributed by atoms with Gasteiger partial charge in [0.15, 0.2) is 0 Å². The summed E-state index contributed by atoms with van der Waals surface area (Å²) in [6.07, 6.45) is 4.18. The maximum Gasteiger partial charge on any atom is 0.264 e. The van der Waals surface area contributed by atoms with Gasteiger partial charge in [-0.15, -0.1) is 0 Å². The molecule has 5 rings (SSSR count). The number of nitrogens with zero attached hydrogens (tertiary/aromatic N) is 4. The number of sulfonamides is 1. The van der Waals surface area contributed by atoms with E-state index in [0.29, 0.717) is 44.1 Å². The van der Waals surface area contributed by atoms with Gasteiger partial charge in [-0.05, 0) is 54.1 Å². The molecule has 0 amide bonds. The van der Waals surface area contributed by atoms with Gasteiger partial charge in [0.1, 0.15) is 17.9 Å². The number of nitrogens with one attached hydrogen (secondary N) is 1. The van der Waals surface area contributed by atoms with E-state index in [0.717, 1.165) is 0 Å². The summed E-state index contributed by atoms with van der Waals surface area (Å²) in [5.41, 5.74) is 2.62. The first kappa shape index (κ1) is 24.8. The minimum absolute atomic E-state index is 0.0226. The first-order valence-electron chi connectivity index (χ1n) is 10.6. The zero-order valence-electron chi connectivity index (χ0n) is 19.0. The molecule has 0 atom stereocenters. The fourth-order valence-corrected chi connectivity index (χ4v) is 5.17. The van der Waals surface area contributed by atoms with E-state index in [9.17, 15) is 12.8 Å². The monoisotopic (exact) mass is 555 g/mol. The second kappa shape index (κ2) is 9.89. The number of benzene rings is 3. The van der Waals surface area contributed by atoms with Crippen molar-refractivity contribution in [2.75, 3.05) is 11.8 Å². The van der Waals surface area contributed by atoms with Crippen molar-refractivity contribution in [3.05, 3.63) is 89.2 Å².